The first-order valence-corrected chi connectivity index (χ1v) is 9.86. The molecule has 0 radical (unpaired) electrons. The van der Waals surface area contributed by atoms with Gasteiger partial charge in [0, 0.05) is 5.56 Å². The highest BCUT2D eigenvalue weighted by Crippen LogP contribution is 2.21. The van der Waals surface area contributed by atoms with Crippen LogP contribution in [0.3, 0.4) is 0 Å². The van der Waals surface area contributed by atoms with Crippen LogP contribution in [-0.2, 0) is 9.47 Å². The number of hydrogen-bond donors (Lipinski definition) is 1. The van der Waals surface area contributed by atoms with Crippen LogP contribution in [0.15, 0.2) is 54.6 Å². The quantitative estimate of drug-likeness (QED) is 0.524. The molecule has 2 aromatic rings. The number of carbonyl (C=O) groups is 2. The van der Waals surface area contributed by atoms with Crippen LogP contribution in [0.4, 0.5) is 0 Å². The highest BCUT2D eigenvalue weighted by atomic mass is 16.5. The van der Waals surface area contributed by atoms with Gasteiger partial charge in [-0.05, 0) is 53.2 Å². The predicted octanol–water partition coefficient (Wildman–Crippen LogP) is 4.99. The molecule has 0 heterocycles. The van der Waals surface area contributed by atoms with Crippen LogP contribution in [0.25, 0.3) is 0 Å². The van der Waals surface area contributed by atoms with Crippen LogP contribution < -0.4 is 0 Å². The maximum absolute atomic E-state index is 12.5. The van der Waals surface area contributed by atoms with Crippen molar-refractivity contribution >= 4 is 11.8 Å². The lowest BCUT2D eigenvalue weighted by Crippen LogP contribution is -2.19. The van der Waals surface area contributed by atoms with Gasteiger partial charge in [-0.15, -0.1) is 0 Å². The van der Waals surface area contributed by atoms with Crippen molar-refractivity contribution in [3.05, 3.63) is 71.3 Å². The van der Waals surface area contributed by atoms with E-state index in [1.807, 2.05) is 27.7 Å². The number of aliphatic hydroxyl groups is 1. The topological polar surface area (TPSA) is 72.8 Å². The summed E-state index contributed by atoms with van der Waals surface area (Å²) < 4.78 is 10.4. The summed E-state index contributed by atoms with van der Waals surface area (Å²) in [5, 5.41) is 10.2. The summed E-state index contributed by atoms with van der Waals surface area (Å²) in [6, 6.07) is 15.0. The predicted molar refractivity (Wildman–Crippen MR) is 114 cm³/mol. The first kappa shape index (κ1) is 24.5. The summed E-state index contributed by atoms with van der Waals surface area (Å²) in [4.78, 5) is 24.6. The number of carbonyl (C=O) groups excluding carboxylic acids is 2. The first-order valence-electron chi connectivity index (χ1n) is 9.86. The van der Waals surface area contributed by atoms with Crippen molar-refractivity contribution in [3.63, 3.8) is 0 Å². The number of Topliss-reactive ketones (excluding diaryl/α,β-unsaturated/α-hetero) is 1. The molecular weight excluding hydrogens is 368 g/mol. The van der Waals surface area contributed by atoms with E-state index < -0.39 is 17.9 Å². The van der Waals surface area contributed by atoms with Crippen molar-refractivity contribution in [1.29, 1.82) is 0 Å². The van der Waals surface area contributed by atoms with Gasteiger partial charge in [0.25, 0.3) is 0 Å². The Kier molecular flexibility index (Phi) is 10.3. The number of benzene rings is 2. The molecule has 29 heavy (non-hydrogen) atoms. The largest absolute Gasteiger partial charge is 0.459 e. The van der Waals surface area contributed by atoms with E-state index >= 15 is 0 Å². The van der Waals surface area contributed by atoms with Gasteiger partial charge in [0.1, 0.15) is 6.10 Å². The SMILES string of the molecule is CC(C)OC(=O)c1ccccc1C(=O)C(O)c1ccccc1.CC(C)OC(C)C. The lowest BCUT2D eigenvalue weighted by molar-refractivity contribution is 0.0299. The van der Waals surface area contributed by atoms with Crippen LogP contribution in [0.1, 0.15) is 73.9 Å². The molecule has 0 fully saturated rings. The summed E-state index contributed by atoms with van der Waals surface area (Å²) in [6.45, 7) is 11.6. The molecule has 158 valence electrons. The van der Waals surface area contributed by atoms with Gasteiger partial charge in [-0.1, -0.05) is 48.5 Å². The average molecular weight is 401 g/mol. The maximum atomic E-state index is 12.5. The van der Waals surface area contributed by atoms with Crippen molar-refractivity contribution in [1.82, 2.24) is 0 Å². The minimum absolute atomic E-state index is 0.157. The highest BCUT2D eigenvalue weighted by Gasteiger charge is 2.24. The van der Waals surface area contributed by atoms with Crippen LogP contribution in [0.2, 0.25) is 0 Å². The zero-order chi connectivity index (χ0) is 22.0. The molecule has 0 amide bonds. The van der Waals surface area contributed by atoms with Crippen molar-refractivity contribution in [3.8, 4) is 0 Å². The summed E-state index contributed by atoms with van der Waals surface area (Å²) in [5.41, 5.74) is 0.806. The fourth-order valence-electron chi connectivity index (χ4n) is 2.63. The molecule has 0 spiro atoms. The van der Waals surface area contributed by atoms with Gasteiger partial charge >= 0.3 is 5.97 Å². The second kappa shape index (κ2) is 12.1. The maximum Gasteiger partial charge on any atom is 0.339 e. The van der Waals surface area contributed by atoms with Crippen LogP contribution in [0, 0.1) is 0 Å². The third kappa shape index (κ3) is 8.59. The lowest BCUT2D eigenvalue weighted by Gasteiger charge is -2.14. The first-order chi connectivity index (χ1) is 13.6. The molecule has 1 atom stereocenters. The normalized spacial score (nSPS) is 11.8. The van der Waals surface area contributed by atoms with E-state index in [0.717, 1.165) is 0 Å². The Morgan fingerprint density at radius 1 is 0.724 bits per heavy atom. The van der Waals surface area contributed by atoms with Gasteiger partial charge in [0.05, 0.1) is 23.9 Å². The summed E-state index contributed by atoms with van der Waals surface area (Å²) in [7, 11) is 0. The Hall–Kier alpha value is -2.50. The van der Waals surface area contributed by atoms with Gasteiger partial charge in [0.15, 0.2) is 5.78 Å². The van der Waals surface area contributed by atoms with Crippen molar-refractivity contribution in [2.24, 2.45) is 0 Å². The van der Waals surface area contributed by atoms with Gasteiger partial charge in [-0.25, -0.2) is 4.79 Å². The summed E-state index contributed by atoms with van der Waals surface area (Å²) >= 11 is 0. The van der Waals surface area contributed by atoms with Crippen LogP contribution in [0.5, 0.6) is 0 Å². The van der Waals surface area contributed by atoms with Gasteiger partial charge < -0.3 is 14.6 Å². The molecule has 0 saturated heterocycles. The molecule has 0 aliphatic rings. The van der Waals surface area contributed by atoms with E-state index in [4.69, 9.17) is 9.47 Å². The molecular formula is C24H32O5. The van der Waals surface area contributed by atoms with Crippen LogP contribution in [-0.4, -0.2) is 35.2 Å². The number of esters is 1. The molecule has 1 N–H and O–H groups in total. The average Bonchev–Trinajstić information content (AvgIpc) is 2.66. The monoisotopic (exact) mass is 400 g/mol. The van der Waals surface area contributed by atoms with Gasteiger partial charge in [-0.3, -0.25) is 4.79 Å². The standard InChI is InChI=1S/C18H18O4.C6H14O/c1-12(2)22-18(21)15-11-7-6-10-14(15)17(20)16(19)13-8-4-3-5-9-13;1-5(2)7-6(3)4/h3-12,16,19H,1-2H3;5-6H,1-4H3. The molecule has 5 nitrogen and oxygen atoms in total. The summed E-state index contributed by atoms with van der Waals surface area (Å²) in [6.07, 6.45) is -0.844. The van der Waals surface area contributed by atoms with E-state index in [2.05, 4.69) is 0 Å². The Balaban J connectivity index is 0.000000516. The lowest BCUT2D eigenvalue weighted by atomic mass is 9.96. The summed E-state index contributed by atoms with van der Waals surface area (Å²) in [5.74, 6) is -1.10. The van der Waals surface area contributed by atoms with E-state index in [0.29, 0.717) is 17.8 Å². The Morgan fingerprint density at radius 2 is 1.21 bits per heavy atom. The molecule has 0 aliphatic heterocycles. The zero-order valence-electron chi connectivity index (χ0n) is 18.1. The third-order valence-corrected chi connectivity index (χ3v) is 3.66. The van der Waals surface area contributed by atoms with Crippen molar-refractivity contribution < 1.29 is 24.2 Å². The van der Waals surface area contributed by atoms with Crippen molar-refractivity contribution in [2.75, 3.05) is 0 Å². The Bertz CT molecular complexity index is 760. The molecule has 2 rings (SSSR count). The van der Waals surface area contributed by atoms with E-state index in [1.165, 1.54) is 12.1 Å². The van der Waals surface area contributed by atoms with E-state index in [-0.39, 0.29) is 17.2 Å². The minimum atomic E-state index is -1.31. The minimum Gasteiger partial charge on any atom is -0.459 e. The molecule has 0 aliphatic carbocycles. The fourth-order valence-corrected chi connectivity index (χ4v) is 2.63. The third-order valence-electron chi connectivity index (χ3n) is 3.66. The molecule has 0 bridgehead atoms. The molecule has 1 unspecified atom stereocenters. The molecule has 0 saturated carbocycles. The number of ketones is 1. The highest BCUT2D eigenvalue weighted by molar-refractivity contribution is 6.08. The Morgan fingerprint density at radius 3 is 1.66 bits per heavy atom. The molecule has 2 aromatic carbocycles. The van der Waals surface area contributed by atoms with Crippen LogP contribution >= 0.6 is 0 Å². The second-order valence-corrected chi connectivity index (χ2v) is 7.41. The Labute approximate surface area is 173 Å². The number of ether oxygens (including phenoxy) is 2. The van der Waals surface area contributed by atoms with Gasteiger partial charge in [0.2, 0.25) is 0 Å². The number of aliphatic hydroxyl groups excluding tert-OH is 1. The molecule has 0 aromatic heterocycles. The van der Waals surface area contributed by atoms with E-state index in [9.17, 15) is 14.7 Å². The smallest absolute Gasteiger partial charge is 0.339 e. The van der Waals surface area contributed by atoms with Gasteiger partial charge in [-0.2, -0.15) is 0 Å². The van der Waals surface area contributed by atoms with E-state index in [1.54, 1.807) is 56.3 Å². The zero-order valence-corrected chi connectivity index (χ0v) is 18.1. The number of rotatable bonds is 7. The second-order valence-electron chi connectivity index (χ2n) is 7.41. The number of hydrogen-bond acceptors (Lipinski definition) is 5. The van der Waals surface area contributed by atoms with Crippen molar-refractivity contribution in [2.45, 2.75) is 66.0 Å². The molecule has 5 heteroatoms. The fraction of sp³-hybridized carbons (Fsp3) is 0.417.